The molecule has 0 saturated carbocycles. The second-order valence-electron chi connectivity index (χ2n) is 7.62. The lowest BCUT2D eigenvalue weighted by atomic mass is 10.2. The summed E-state index contributed by atoms with van der Waals surface area (Å²) < 4.78 is 52.7. The Morgan fingerprint density at radius 2 is 1.53 bits per heavy atom. The molecule has 3 rings (SSSR count). The molecule has 0 saturated heterocycles. The first-order valence-corrected chi connectivity index (χ1v) is 11.9. The Bertz CT molecular complexity index is 1240. The molecule has 0 radical (unpaired) electrons. The number of likely N-dealkylation sites (N-methyl/N-ethyl adjacent to an activating group) is 1. The Labute approximate surface area is 199 Å². The first-order chi connectivity index (χ1) is 16.3. The van der Waals surface area contributed by atoms with Gasteiger partial charge in [-0.05, 0) is 23.8 Å². The average molecular weight is 487 g/mol. The van der Waals surface area contributed by atoms with Gasteiger partial charge < -0.3 is 14.4 Å². The van der Waals surface area contributed by atoms with Gasteiger partial charge in [-0.25, -0.2) is 12.8 Å². The largest absolute Gasteiger partial charge is 0.493 e. The van der Waals surface area contributed by atoms with Crippen molar-refractivity contribution >= 4 is 15.9 Å². The highest BCUT2D eigenvalue weighted by molar-refractivity contribution is 7.89. The molecule has 180 valence electrons. The Balaban J connectivity index is 1.90. The molecule has 3 aromatic rings. The number of hydrogen-bond acceptors (Lipinski definition) is 5. The van der Waals surface area contributed by atoms with E-state index in [0.29, 0.717) is 11.3 Å². The van der Waals surface area contributed by atoms with Crippen molar-refractivity contribution in [2.75, 3.05) is 27.8 Å². The van der Waals surface area contributed by atoms with Crippen LogP contribution in [0.25, 0.3) is 0 Å². The number of nitrogens with zero attached hydrogens (tertiary/aromatic N) is 2. The molecule has 9 heteroatoms. The number of sulfonamides is 1. The zero-order valence-electron chi connectivity index (χ0n) is 19.3. The second-order valence-corrected chi connectivity index (χ2v) is 9.55. The highest BCUT2D eigenvalue weighted by atomic mass is 32.2. The number of amides is 1. The van der Waals surface area contributed by atoms with Crippen LogP contribution >= 0.6 is 0 Å². The van der Waals surface area contributed by atoms with Gasteiger partial charge in [-0.15, -0.1) is 0 Å². The van der Waals surface area contributed by atoms with Crippen molar-refractivity contribution in [3.8, 4) is 11.5 Å². The minimum Gasteiger partial charge on any atom is -0.493 e. The summed E-state index contributed by atoms with van der Waals surface area (Å²) in [5.74, 6) is -0.257. The van der Waals surface area contributed by atoms with Gasteiger partial charge in [-0.1, -0.05) is 48.5 Å². The van der Waals surface area contributed by atoms with Crippen LogP contribution in [0, 0.1) is 5.82 Å². The Kier molecular flexibility index (Phi) is 8.25. The van der Waals surface area contributed by atoms with Crippen molar-refractivity contribution in [3.63, 3.8) is 0 Å². The molecule has 34 heavy (non-hydrogen) atoms. The molecule has 7 nitrogen and oxygen atoms in total. The summed E-state index contributed by atoms with van der Waals surface area (Å²) in [6.07, 6.45) is 0. The maximum atomic E-state index is 14.0. The second kappa shape index (κ2) is 11.1. The predicted octanol–water partition coefficient (Wildman–Crippen LogP) is 3.69. The molecule has 0 aliphatic heterocycles. The fraction of sp³-hybridized carbons (Fsp3) is 0.240. The van der Waals surface area contributed by atoms with E-state index in [4.69, 9.17) is 9.47 Å². The number of carbonyl (C=O) groups is 1. The number of hydrogen-bond donors (Lipinski definition) is 0. The quantitative estimate of drug-likeness (QED) is 0.437. The summed E-state index contributed by atoms with van der Waals surface area (Å²) in [5, 5.41) is 0. The number of halogens is 1. The van der Waals surface area contributed by atoms with Crippen LogP contribution < -0.4 is 9.47 Å². The van der Waals surface area contributed by atoms with Crippen LogP contribution in [0.1, 0.15) is 11.1 Å². The third-order valence-electron chi connectivity index (χ3n) is 5.30. The molecule has 0 N–H and O–H groups in total. The standard InChI is InChI=1S/C25H27FN2O5S/c1-27(17-20-11-7-8-12-22(20)26)25(29)18-28(16-19-9-5-4-6-10-19)34(30,31)21-13-14-23(32-2)24(15-21)33-3/h4-15H,16-18H2,1-3H3. The maximum Gasteiger partial charge on any atom is 0.243 e. The highest BCUT2D eigenvalue weighted by Crippen LogP contribution is 2.31. The van der Waals surface area contributed by atoms with E-state index in [0.717, 1.165) is 9.87 Å². The third-order valence-corrected chi connectivity index (χ3v) is 7.08. The molecule has 0 heterocycles. The van der Waals surface area contributed by atoms with Gasteiger partial charge in [0.1, 0.15) is 5.82 Å². The summed E-state index contributed by atoms with van der Waals surface area (Å²) >= 11 is 0. The van der Waals surface area contributed by atoms with Gasteiger partial charge >= 0.3 is 0 Å². The number of benzene rings is 3. The molecule has 0 aromatic heterocycles. The van der Waals surface area contributed by atoms with E-state index in [1.165, 1.54) is 50.4 Å². The molecule has 0 unspecified atom stereocenters. The smallest absolute Gasteiger partial charge is 0.243 e. The van der Waals surface area contributed by atoms with Crippen molar-refractivity contribution < 1.29 is 27.1 Å². The summed E-state index contributed by atoms with van der Waals surface area (Å²) in [4.78, 5) is 14.3. The topological polar surface area (TPSA) is 76.2 Å². The fourth-order valence-electron chi connectivity index (χ4n) is 3.38. The number of methoxy groups -OCH3 is 2. The molecule has 0 bridgehead atoms. The highest BCUT2D eigenvalue weighted by Gasteiger charge is 2.29. The average Bonchev–Trinajstić information content (AvgIpc) is 2.85. The number of carbonyl (C=O) groups excluding carboxylic acids is 1. The van der Waals surface area contributed by atoms with Crippen molar-refractivity contribution in [2.24, 2.45) is 0 Å². The van der Waals surface area contributed by atoms with Gasteiger partial charge in [0.2, 0.25) is 15.9 Å². The zero-order chi connectivity index (χ0) is 24.7. The first kappa shape index (κ1) is 25.2. The van der Waals surface area contributed by atoms with Gasteiger partial charge in [0.25, 0.3) is 0 Å². The molecule has 3 aromatic carbocycles. The van der Waals surface area contributed by atoms with Crippen LogP contribution in [0.4, 0.5) is 4.39 Å². The van der Waals surface area contributed by atoms with Crippen LogP contribution in [0.15, 0.2) is 77.7 Å². The first-order valence-electron chi connectivity index (χ1n) is 10.5. The van der Waals surface area contributed by atoms with Crippen molar-refractivity contribution in [1.29, 1.82) is 0 Å². The summed E-state index contributed by atoms with van der Waals surface area (Å²) in [6, 6.07) is 19.4. The van der Waals surface area contributed by atoms with Crippen molar-refractivity contribution in [2.45, 2.75) is 18.0 Å². The van der Waals surface area contributed by atoms with E-state index in [-0.39, 0.29) is 23.7 Å². The summed E-state index contributed by atoms with van der Waals surface area (Å²) in [5.41, 5.74) is 1.06. The molecule has 0 fully saturated rings. The third kappa shape index (κ3) is 5.92. The summed E-state index contributed by atoms with van der Waals surface area (Å²) in [6.45, 7) is -0.422. The van der Waals surface area contributed by atoms with Gasteiger partial charge in [0.15, 0.2) is 11.5 Å². The van der Waals surface area contributed by atoms with Crippen LogP contribution in [-0.2, 0) is 27.9 Å². The lowest BCUT2D eigenvalue weighted by Crippen LogP contribution is -2.41. The monoisotopic (exact) mass is 486 g/mol. The van der Waals surface area contributed by atoms with Gasteiger partial charge in [-0.3, -0.25) is 4.79 Å². The SMILES string of the molecule is COc1ccc(S(=O)(=O)N(CC(=O)N(C)Cc2ccccc2F)Cc2ccccc2)cc1OC. The van der Waals surface area contributed by atoms with Crippen LogP contribution in [-0.4, -0.2) is 51.3 Å². The van der Waals surface area contributed by atoms with Gasteiger partial charge in [0, 0.05) is 31.8 Å². The van der Waals surface area contributed by atoms with Crippen LogP contribution in [0.2, 0.25) is 0 Å². The molecule has 0 aliphatic rings. The van der Waals surface area contributed by atoms with Gasteiger partial charge in [0.05, 0.1) is 25.7 Å². The lowest BCUT2D eigenvalue weighted by molar-refractivity contribution is -0.130. The van der Waals surface area contributed by atoms with E-state index in [2.05, 4.69) is 0 Å². The maximum absolute atomic E-state index is 14.0. The molecule has 1 amide bonds. The summed E-state index contributed by atoms with van der Waals surface area (Å²) in [7, 11) is 0.292. The van der Waals surface area contributed by atoms with Gasteiger partial charge in [-0.2, -0.15) is 4.31 Å². The van der Waals surface area contributed by atoms with Crippen LogP contribution in [0.3, 0.4) is 0 Å². The predicted molar refractivity (Wildman–Crippen MR) is 126 cm³/mol. The number of ether oxygens (including phenoxy) is 2. The van der Waals surface area contributed by atoms with Crippen LogP contribution in [0.5, 0.6) is 11.5 Å². The minimum atomic E-state index is -4.09. The Hall–Kier alpha value is -3.43. The molecule has 0 aliphatic carbocycles. The van der Waals surface area contributed by atoms with E-state index < -0.39 is 28.3 Å². The van der Waals surface area contributed by atoms with Crippen molar-refractivity contribution in [3.05, 3.63) is 89.7 Å². The van der Waals surface area contributed by atoms with E-state index in [1.54, 1.807) is 42.5 Å². The molecular formula is C25H27FN2O5S. The lowest BCUT2D eigenvalue weighted by Gasteiger charge is -2.25. The fourth-order valence-corrected chi connectivity index (χ4v) is 4.77. The van der Waals surface area contributed by atoms with E-state index in [9.17, 15) is 17.6 Å². The van der Waals surface area contributed by atoms with E-state index in [1.807, 2.05) is 6.07 Å². The zero-order valence-corrected chi connectivity index (χ0v) is 20.1. The number of rotatable bonds is 10. The Morgan fingerprint density at radius 1 is 0.882 bits per heavy atom. The van der Waals surface area contributed by atoms with Crippen molar-refractivity contribution in [1.82, 2.24) is 9.21 Å². The van der Waals surface area contributed by atoms with E-state index >= 15 is 0 Å². The Morgan fingerprint density at radius 3 is 2.18 bits per heavy atom. The normalized spacial score (nSPS) is 11.3. The molecule has 0 atom stereocenters. The molecular weight excluding hydrogens is 459 g/mol. The molecule has 0 spiro atoms. The minimum absolute atomic E-state index is 0.0150.